The highest BCUT2D eigenvalue weighted by atomic mass is 32.2. The molecule has 10 nitrogen and oxygen atoms in total. The van der Waals surface area contributed by atoms with Crippen molar-refractivity contribution >= 4 is 48.9 Å². The van der Waals surface area contributed by atoms with E-state index in [1.54, 1.807) is 6.08 Å². The van der Waals surface area contributed by atoms with Gasteiger partial charge in [0.15, 0.2) is 9.84 Å². The molecule has 1 aromatic carbocycles. The van der Waals surface area contributed by atoms with E-state index < -0.39 is 21.2 Å². The molecule has 0 spiro atoms. The molecule has 214 valence electrons. The molecule has 1 atom stereocenters. The van der Waals surface area contributed by atoms with Crippen LogP contribution >= 0.6 is 11.3 Å². The van der Waals surface area contributed by atoms with Gasteiger partial charge in [0.05, 0.1) is 16.0 Å². The second-order valence-electron chi connectivity index (χ2n) is 10.3. The van der Waals surface area contributed by atoms with Gasteiger partial charge < -0.3 is 14.7 Å². The fourth-order valence-electron chi connectivity index (χ4n) is 5.10. The second-order valence-corrected chi connectivity index (χ2v) is 13.5. The molecule has 2 aliphatic heterocycles. The predicted octanol–water partition coefficient (Wildman–Crippen LogP) is 4.07. The van der Waals surface area contributed by atoms with Gasteiger partial charge in [-0.3, -0.25) is 10.1 Å². The predicted molar refractivity (Wildman–Crippen MR) is 157 cm³/mol. The van der Waals surface area contributed by atoms with Crippen LogP contribution < -0.4 is 15.0 Å². The van der Waals surface area contributed by atoms with Gasteiger partial charge in [0.1, 0.15) is 11.5 Å². The lowest BCUT2D eigenvalue weighted by Gasteiger charge is -2.31. The lowest BCUT2D eigenvalue weighted by molar-refractivity contribution is -0.137. The van der Waals surface area contributed by atoms with Crippen LogP contribution in [0, 0.1) is 0 Å². The summed E-state index contributed by atoms with van der Waals surface area (Å²) in [6.45, 7) is 4.34. The molecule has 0 bridgehead atoms. The first-order chi connectivity index (χ1) is 19.3. The largest absolute Gasteiger partial charge is 0.481 e. The third-order valence-corrected chi connectivity index (χ3v) is 10.1. The van der Waals surface area contributed by atoms with E-state index in [4.69, 9.17) is 9.84 Å². The van der Waals surface area contributed by atoms with E-state index in [0.29, 0.717) is 18.2 Å². The molecule has 0 saturated carbocycles. The highest BCUT2D eigenvalue weighted by Gasteiger charge is 2.27. The van der Waals surface area contributed by atoms with Crippen LogP contribution in [0.25, 0.3) is 15.8 Å². The quantitative estimate of drug-likeness (QED) is 0.339. The highest BCUT2D eigenvalue weighted by Crippen LogP contribution is 2.33. The first-order valence-electron chi connectivity index (χ1n) is 13.8. The summed E-state index contributed by atoms with van der Waals surface area (Å²) in [5, 5.41) is 11.7. The molecule has 2 N–H and O–H groups in total. The topological polar surface area (TPSA) is 135 Å². The van der Waals surface area contributed by atoms with Crippen molar-refractivity contribution in [2.24, 2.45) is 0 Å². The van der Waals surface area contributed by atoms with E-state index in [1.807, 2.05) is 30.6 Å². The molecular formula is C28H35N5O5S2. The average molecular weight is 586 g/mol. The van der Waals surface area contributed by atoms with Gasteiger partial charge in [0.25, 0.3) is 5.19 Å². The Morgan fingerprint density at radius 3 is 2.73 bits per heavy atom. The Morgan fingerprint density at radius 1 is 1.23 bits per heavy atom. The van der Waals surface area contributed by atoms with E-state index in [1.165, 1.54) is 11.3 Å². The number of thiazole rings is 1. The van der Waals surface area contributed by atoms with Crippen molar-refractivity contribution in [1.29, 1.82) is 0 Å². The number of aliphatic carboxylic acids is 1. The maximum atomic E-state index is 12.8. The average Bonchev–Trinajstić information content (AvgIpc) is 3.35. The van der Waals surface area contributed by atoms with Crippen LogP contribution in [0.3, 0.4) is 0 Å². The molecule has 5 rings (SSSR count). The van der Waals surface area contributed by atoms with Crippen LogP contribution in [0.5, 0.6) is 5.19 Å². The smallest absolute Gasteiger partial charge is 0.303 e. The van der Waals surface area contributed by atoms with Gasteiger partial charge in [0, 0.05) is 51.3 Å². The fraction of sp³-hybridized carbons (Fsp3) is 0.500. The second kappa shape index (κ2) is 12.6. The van der Waals surface area contributed by atoms with Crippen LogP contribution in [0.4, 0.5) is 5.95 Å². The number of ether oxygens (including phenoxy) is 1. The lowest BCUT2D eigenvalue weighted by Crippen LogP contribution is -2.39. The molecular weight excluding hydrogens is 550 g/mol. The minimum Gasteiger partial charge on any atom is -0.481 e. The van der Waals surface area contributed by atoms with Crippen molar-refractivity contribution in [3.8, 4) is 5.19 Å². The zero-order valence-corrected chi connectivity index (χ0v) is 24.2. The molecule has 0 aliphatic carbocycles. The van der Waals surface area contributed by atoms with E-state index in [-0.39, 0.29) is 24.7 Å². The summed E-state index contributed by atoms with van der Waals surface area (Å²) in [6, 6.07) is 5.98. The van der Waals surface area contributed by atoms with E-state index in [2.05, 4.69) is 32.1 Å². The Kier molecular flexibility index (Phi) is 8.97. The number of carboxylic acids is 1. The van der Waals surface area contributed by atoms with E-state index in [0.717, 1.165) is 71.6 Å². The van der Waals surface area contributed by atoms with Crippen LogP contribution in [0.2, 0.25) is 0 Å². The Morgan fingerprint density at radius 2 is 2.00 bits per heavy atom. The summed E-state index contributed by atoms with van der Waals surface area (Å²) in [7, 11) is -3.49. The number of sulfone groups is 1. The Balaban J connectivity index is 1.20. The molecule has 3 aromatic rings. The number of nitrogens with one attached hydrogen (secondary N) is 1. The van der Waals surface area contributed by atoms with Crippen molar-refractivity contribution in [2.75, 3.05) is 30.3 Å². The van der Waals surface area contributed by atoms with Gasteiger partial charge in [-0.05, 0) is 54.2 Å². The molecule has 4 heterocycles. The van der Waals surface area contributed by atoms with Crippen LogP contribution in [-0.2, 0) is 21.1 Å². The first kappa shape index (κ1) is 28.4. The lowest BCUT2D eigenvalue weighted by atomic mass is 10.0. The normalized spacial score (nSPS) is 18.6. The van der Waals surface area contributed by atoms with Crippen molar-refractivity contribution in [3.05, 3.63) is 47.8 Å². The van der Waals surface area contributed by atoms with Gasteiger partial charge in [-0.1, -0.05) is 30.7 Å². The maximum absolute atomic E-state index is 12.8. The van der Waals surface area contributed by atoms with Crippen molar-refractivity contribution in [2.45, 2.75) is 63.3 Å². The fourth-order valence-corrected chi connectivity index (χ4v) is 7.56. The maximum Gasteiger partial charge on any atom is 0.303 e. The van der Waals surface area contributed by atoms with Crippen LogP contribution in [-0.4, -0.2) is 71.3 Å². The van der Waals surface area contributed by atoms with Gasteiger partial charge in [0.2, 0.25) is 5.95 Å². The number of rotatable bonds is 11. The number of nitrogens with zero attached hydrogens (tertiary/aromatic N) is 4. The SMILES string of the molecule is CCCc1cnc(N2CCC(Oc3nc4ccc(C5=CC(S(=O)(=O)CCCC(=O)O)NCC5)cc4s3)CC2)nc1. The summed E-state index contributed by atoms with van der Waals surface area (Å²) in [4.78, 5) is 26.7. The van der Waals surface area contributed by atoms with E-state index >= 15 is 0 Å². The minimum absolute atomic E-state index is 0.0786. The van der Waals surface area contributed by atoms with Gasteiger partial charge in [-0.15, -0.1) is 0 Å². The number of aryl methyl sites for hydroxylation is 1. The third kappa shape index (κ3) is 6.97. The van der Waals surface area contributed by atoms with Crippen molar-refractivity contribution in [3.63, 3.8) is 0 Å². The standard InChI is InChI=1S/C28H35N5O5S2/c1-2-4-19-17-30-27(31-18-19)33-12-9-22(10-13-33)38-28-32-23-7-6-20(15-24(23)39-28)21-8-11-29-25(16-21)40(36,37)14-3-5-26(34)35/h6-7,15-18,22,25,29H,2-5,8-14H2,1H3,(H,34,35). The Labute approximate surface area is 238 Å². The number of carboxylic acid groups (broad SMARTS) is 1. The molecule has 12 heteroatoms. The summed E-state index contributed by atoms with van der Waals surface area (Å²) < 4.78 is 32.8. The highest BCUT2D eigenvalue weighted by molar-refractivity contribution is 7.92. The summed E-state index contributed by atoms with van der Waals surface area (Å²) in [5.74, 6) is -0.377. The summed E-state index contributed by atoms with van der Waals surface area (Å²) >= 11 is 1.50. The molecule has 40 heavy (non-hydrogen) atoms. The van der Waals surface area contributed by atoms with E-state index in [9.17, 15) is 13.2 Å². The number of fused-ring (bicyclic) bond motifs is 1. The monoisotopic (exact) mass is 585 g/mol. The number of carbonyl (C=O) groups is 1. The molecule has 2 aliphatic rings. The van der Waals surface area contributed by atoms with Crippen LogP contribution in [0.15, 0.2) is 36.7 Å². The molecule has 2 aromatic heterocycles. The van der Waals surface area contributed by atoms with Gasteiger partial charge in [-0.2, -0.15) is 0 Å². The zero-order chi connectivity index (χ0) is 28.1. The van der Waals surface area contributed by atoms with Crippen molar-refractivity contribution in [1.82, 2.24) is 20.3 Å². The van der Waals surface area contributed by atoms with Crippen LogP contribution in [0.1, 0.15) is 56.6 Å². The number of benzene rings is 1. The molecule has 1 unspecified atom stereocenters. The Hall–Kier alpha value is -3.09. The molecule has 0 radical (unpaired) electrons. The third-order valence-electron chi connectivity index (χ3n) is 7.26. The minimum atomic E-state index is -3.49. The summed E-state index contributed by atoms with van der Waals surface area (Å²) in [5.41, 5.74) is 3.95. The van der Waals surface area contributed by atoms with Gasteiger partial charge >= 0.3 is 5.97 Å². The number of hydrogen-bond donors (Lipinski definition) is 2. The first-order valence-corrected chi connectivity index (χ1v) is 16.3. The zero-order valence-electron chi connectivity index (χ0n) is 22.6. The molecule has 1 saturated heterocycles. The number of anilines is 1. The number of aromatic nitrogens is 3. The Bertz CT molecular complexity index is 1460. The molecule has 1 fully saturated rings. The van der Waals surface area contributed by atoms with Gasteiger partial charge in [-0.25, -0.2) is 23.4 Å². The van der Waals surface area contributed by atoms with Crippen molar-refractivity contribution < 1.29 is 23.1 Å². The molecule has 0 amide bonds. The number of hydrogen-bond acceptors (Lipinski definition) is 10. The number of piperidine rings is 1. The summed E-state index contributed by atoms with van der Waals surface area (Å²) in [6.07, 6.45) is 10.1.